The third-order valence-electron chi connectivity index (χ3n) is 4.16. The van der Waals surface area contributed by atoms with Crippen LogP contribution >= 0.6 is 0 Å². The standard InChI is InChI=1S/C19H19NO2/c1-3-18-17(13-14-7-5-4-6-8-14)19(21)20(18)15-9-11-16(22-2)12-10-15/h3-12,17-18H,1,13H2,2H3/t17-,18+/m0/s1. The molecule has 0 saturated carbocycles. The minimum atomic E-state index is -0.0259. The average molecular weight is 293 g/mol. The molecule has 1 aliphatic rings. The number of anilines is 1. The van der Waals surface area contributed by atoms with Crippen molar-refractivity contribution in [1.29, 1.82) is 0 Å². The highest BCUT2D eigenvalue weighted by Crippen LogP contribution is 2.36. The number of methoxy groups -OCH3 is 1. The third-order valence-corrected chi connectivity index (χ3v) is 4.16. The zero-order valence-corrected chi connectivity index (χ0v) is 12.6. The number of benzene rings is 2. The number of carbonyl (C=O) groups excluding carboxylic acids is 1. The summed E-state index contributed by atoms with van der Waals surface area (Å²) in [6.07, 6.45) is 2.61. The van der Waals surface area contributed by atoms with Gasteiger partial charge >= 0.3 is 0 Å². The van der Waals surface area contributed by atoms with E-state index in [2.05, 4.69) is 18.7 Å². The quantitative estimate of drug-likeness (QED) is 0.624. The van der Waals surface area contributed by atoms with Crippen LogP contribution in [0.25, 0.3) is 0 Å². The van der Waals surface area contributed by atoms with E-state index in [0.717, 1.165) is 17.9 Å². The minimum absolute atomic E-state index is 0.0259. The molecule has 1 amide bonds. The molecule has 0 radical (unpaired) electrons. The van der Waals surface area contributed by atoms with Crippen molar-refractivity contribution in [2.24, 2.45) is 5.92 Å². The second-order valence-electron chi connectivity index (χ2n) is 5.43. The van der Waals surface area contributed by atoms with E-state index in [-0.39, 0.29) is 17.9 Å². The summed E-state index contributed by atoms with van der Waals surface area (Å²) < 4.78 is 5.16. The molecule has 3 nitrogen and oxygen atoms in total. The Kier molecular flexibility index (Phi) is 3.96. The first kappa shape index (κ1) is 14.4. The Hall–Kier alpha value is -2.55. The van der Waals surface area contributed by atoms with Crippen LogP contribution < -0.4 is 9.64 Å². The smallest absolute Gasteiger partial charge is 0.233 e. The first-order valence-electron chi connectivity index (χ1n) is 7.38. The van der Waals surface area contributed by atoms with Gasteiger partial charge in [-0.1, -0.05) is 36.4 Å². The summed E-state index contributed by atoms with van der Waals surface area (Å²) in [5.41, 5.74) is 2.07. The maximum absolute atomic E-state index is 12.5. The molecule has 3 heteroatoms. The van der Waals surface area contributed by atoms with Crippen molar-refractivity contribution in [2.75, 3.05) is 12.0 Å². The first-order valence-corrected chi connectivity index (χ1v) is 7.38. The van der Waals surface area contributed by atoms with Gasteiger partial charge in [-0.2, -0.15) is 0 Å². The number of ether oxygens (including phenoxy) is 1. The van der Waals surface area contributed by atoms with E-state index in [1.165, 1.54) is 5.56 Å². The third kappa shape index (κ3) is 2.50. The first-order chi connectivity index (χ1) is 10.7. The Morgan fingerprint density at radius 1 is 1.14 bits per heavy atom. The van der Waals surface area contributed by atoms with Crippen molar-refractivity contribution in [3.63, 3.8) is 0 Å². The monoisotopic (exact) mass is 293 g/mol. The van der Waals surface area contributed by atoms with Crippen molar-refractivity contribution in [1.82, 2.24) is 0 Å². The van der Waals surface area contributed by atoms with Gasteiger partial charge in [-0.25, -0.2) is 0 Å². The molecule has 22 heavy (non-hydrogen) atoms. The van der Waals surface area contributed by atoms with Crippen LogP contribution in [0.15, 0.2) is 67.3 Å². The van der Waals surface area contributed by atoms with Crippen LogP contribution in [0.1, 0.15) is 5.56 Å². The lowest BCUT2D eigenvalue weighted by Gasteiger charge is -2.46. The second-order valence-corrected chi connectivity index (χ2v) is 5.43. The molecule has 2 atom stereocenters. The molecule has 1 saturated heterocycles. The second kappa shape index (κ2) is 6.06. The summed E-state index contributed by atoms with van der Waals surface area (Å²) in [4.78, 5) is 14.3. The van der Waals surface area contributed by atoms with Crippen LogP contribution in [0.5, 0.6) is 5.75 Å². The Morgan fingerprint density at radius 3 is 2.41 bits per heavy atom. The molecule has 2 aromatic rings. The summed E-state index contributed by atoms with van der Waals surface area (Å²) in [7, 11) is 1.63. The van der Waals surface area contributed by atoms with Gasteiger partial charge < -0.3 is 9.64 Å². The molecule has 0 spiro atoms. The predicted molar refractivity (Wildman–Crippen MR) is 88.1 cm³/mol. The van der Waals surface area contributed by atoms with Gasteiger partial charge in [0, 0.05) is 5.69 Å². The van der Waals surface area contributed by atoms with Gasteiger partial charge in [0.15, 0.2) is 0 Å². The Balaban J connectivity index is 1.77. The van der Waals surface area contributed by atoms with Crippen LogP contribution in [0, 0.1) is 5.92 Å². The maximum atomic E-state index is 12.5. The largest absolute Gasteiger partial charge is 0.497 e. The van der Waals surface area contributed by atoms with Gasteiger partial charge in [-0.3, -0.25) is 4.79 Å². The van der Waals surface area contributed by atoms with Gasteiger partial charge in [-0.15, -0.1) is 6.58 Å². The lowest BCUT2D eigenvalue weighted by molar-refractivity contribution is -0.128. The van der Waals surface area contributed by atoms with E-state index in [0.29, 0.717) is 0 Å². The normalized spacial score (nSPS) is 20.4. The van der Waals surface area contributed by atoms with Crippen molar-refractivity contribution < 1.29 is 9.53 Å². The maximum Gasteiger partial charge on any atom is 0.233 e. The van der Waals surface area contributed by atoms with Crippen molar-refractivity contribution in [3.05, 3.63) is 72.8 Å². The number of hydrogen-bond donors (Lipinski definition) is 0. The molecular formula is C19H19NO2. The van der Waals surface area contributed by atoms with Crippen LogP contribution in [-0.4, -0.2) is 19.1 Å². The van der Waals surface area contributed by atoms with E-state index in [4.69, 9.17) is 4.74 Å². The lowest BCUT2D eigenvalue weighted by atomic mass is 9.82. The van der Waals surface area contributed by atoms with Crippen LogP contribution in [0.3, 0.4) is 0 Å². The molecule has 0 N–H and O–H groups in total. The molecule has 0 bridgehead atoms. The predicted octanol–water partition coefficient (Wildman–Crippen LogP) is 3.46. The number of carbonyl (C=O) groups is 1. The topological polar surface area (TPSA) is 29.5 Å². The highest BCUT2D eigenvalue weighted by Gasteiger charge is 2.45. The van der Waals surface area contributed by atoms with Crippen LogP contribution in [-0.2, 0) is 11.2 Å². The SMILES string of the molecule is C=C[C@@H]1[C@H](Cc2ccccc2)C(=O)N1c1ccc(OC)cc1. The molecule has 2 aromatic carbocycles. The molecule has 0 aliphatic carbocycles. The van der Waals surface area contributed by atoms with Gasteiger partial charge in [0.25, 0.3) is 0 Å². The van der Waals surface area contributed by atoms with Crippen molar-refractivity contribution in [2.45, 2.75) is 12.5 Å². The van der Waals surface area contributed by atoms with E-state index in [9.17, 15) is 4.79 Å². The summed E-state index contributed by atoms with van der Waals surface area (Å²) in [5, 5.41) is 0. The Bertz CT molecular complexity index is 664. The molecule has 3 rings (SSSR count). The number of nitrogens with zero attached hydrogens (tertiary/aromatic N) is 1. The summed E-state index contributed by atoms with van der Waals surface area (Å²) in [6.45, 7) is 3.90. The van der Waals surface area contributed by atoms with Gasteiger partial charge in [-0.05, 0) is 36.2 Å². The molecule has 1 aliphatic heterocycles. The van der Waals surface area contributed by atoms with Crippen LogP contribution in [0.2, 0.25) is 0 Å². The number of rotatable bonds is 5. The molecule has 1 heterocycles. The number of amides is 1. The van der Waals surface area contributed by atoms with E-state index >= 15 is 0 Å². The number of hydrogen-bond acceptors (Lipinski definition) is 2. The Morgan fingerprint density at radius 2 is 1.82 bits per heavy atom. The number of β-lactam (4-membered cyclic amide) rings is 1. The fourth-order valence-electron chi connectivity index (χ4n) is 2.96. The highest BCUT2D eigenvalue weighted by molar-refractivity contribution is 6.03. The molecule has 0 unspecified atom stereocenters. The fraction of sp³-hybridized carbons (Fsp3) is 0.211. The Labute approximate surface area is 130 Å². The zero-order valence-electron chi connectivity index (χ0n) is 12.6. The van der Waals surface area contributed by atoms with Gasteiger partial charge in [0.2, 0.25) is 5.91 Å². The van der Waals surface area contributed by atoms with Crippen molar-refractivity contribution >= 4 is 11.6 Å². The summed E-state index contributed by atoms with van der Waals surface area (Å²) in [5.74, 6) is 0.911. The molecular weight excluding hydrogens is 274 g/mol. The fourth-order valence-corrected chi connectivity index (χ4v) is 2.96. The molecule has 112 valence electrons. The zero-order chi connectivity index (χ0) is 15.5. The highest BCUT2D eigenvalue weighted by atomic mass is 16.5. The van der Waals surface area contributed by atoms with Crippen molar-refractivity contribution in [3.8, 4) is 5.75 Å². The minimum Gasteiger partial charge on any atom is -0.497 e. The average Bonchev–Trinajstić information content (AvgIpc) is 2.58. The van der Waals surface area contributed by atoms with Gasteiger partial charge in [0.05, 0.1) is 19.1 Å². The summed E-state index contributed by atoms with van der Waals surface area (Å²) >= 11 is 0. The lowest BCUT2D eigenvalue weighted by Crippen LogP contribution is -2.61. The molecule has 0 aromatic heterocycles. The van der Waals surface area contributed by atoms with Gasteiger partial charge in [0.1, 0.15) is 5.75 Å². The molecule has 1 fully saturated rings. The van der Waals surface area contributed by atoms with E-state index < -0.39 is 0 Å². The van der Waals surface area contributed by atoms with E-state index in [1.807, 2.05) is 48.5 Å². The van der Waals surface area contributed by atoms with Crippen LogP contribution in [0.4, 0.5) is 5.69 Å². The van der Waals surface area contributed by atoms with E-state index in [1.54, 1.807) is 12.0 Å². The summed E-state index contributed by atoms with van der Waals surface area (Å²) in [6, 6.07) is 17.7.